The number of carbonyl (C=O) groups excluding carboxylic acids is 1. The predicted molar refractivity (Wildman–Crippen MR) is 132 cm³/mol. The van der Waals surface area contributed by atoms with Gasteiger partial charge in [-0.1, -0.05) is 18.2 Å². The largest absolute Gasteiger partial charge is 0.459 e. The molecule has 202 valence electrons. The number of nitrogens with zero attached hydrogens (tertiary/aromatic N) is 1. The number of ether oxygens (including phenoxy) is 2. The average molecular weight is 538 g/mol. The molecule has 3 N–H and O–H groups in total. The van der Waals surface area contributed by atoms with Gasteiger partial charge < -0.3 is 19.1 Å². The number of aromatic amines is 1. The summed E-state index contributed by atoms with van der Waals surface area (Å²) in [6.07, 6.45) is -0.346. The van der Waals surface area contributed by atoms with Gasteiger partial charge in [-0.3, -0.25) is 23.7 Å². The van der Waals surface area contributed by atoms with Crippen molar-refractivity contribution in [1.29, 1.82) is 0 Å². The standard InChI is InChI=1S/C24H32N3O9P/c1-15(20(30)35-23(2,3)4)26-37(32,36-16-8-6-5-7-9-16)33-14-17-19(29)24(11-12-24)21(34-17)27-13-10-18(28)25-22(27)31/h5-10,13,15,17,19,21,29H,11-12,14H2,1-4H3,(H,26,32)(H,25,28,31)/t15-,17+,19+,21+,37?/m0/s1. The maximum atomic E-state index is 13.8. The molecule has 2 heterocycles. The van der Waals surface area contributed by atoms with Crippen molar-refractivity contribution in [2.24, 2.45) is 5.41 Å². The molecular weight excluding hydrogens is 505 g/mol. The molecule has 37 heavy (non-hydrogen) atoms. The number of carbonyl (C=O) groups is 1. The highest BCUT2D eigenvalue weighted by molar-refractivity contribution is 7.52. The van der Waals surface area contributed by atoms with E-state index in [1.807, 2.05) is 0 Å². The Labute approximate surface area is 213 Å². The van der Waals surface area contributed by atoms with E-state index in [0.29, 0.717) is 12.8 Å². The molecule has 0 radical (unpaired) electrons. The lowest BCUT2D eigenvalue weighted by molar-refractivity contribution is -0.156. The van der Waals surface area contributed by atoms with Gasteiger partial charge in [-0.25, -0.2) is 9.36 Å². The summed E-state index contributed by atoms with van der Waals surface area (Å²) >= 11 is 0. The minimum absolute atomic E-state index is 0.235. The molecule has 1 aromatic heterocycles. The molecule has 1 aromatic carbocycles. The van der Waals surface area contributed by atoms with Gasteiger partial charge in [0.15, 0.2) is 0 Å². The number of aliphatic hydroxyl groups is 1. The Morgan fingerprint density at radius 1 is 1.27 bits per heavy atom. The maximum Gasteiger partial charge on any atom is 0.459 e. The summed E-state index contributed by atoms with van der Waals surface area (Å²) in [5.41, 5.74) is -2.71. The van der Waals surface area contributed by atoms with Gasteiger partial charge >= 0.3 is 19.4 Å². The number of hydrogen-bond donors (Lipinski definition) is 3. The fourth-order valence-corrected chi connectivity index (χ4v) is 5.73. The van der Waals surface area contributed by atoms with E-state index in [0.717, 1.165) is 0 Å². The number of rotatable bonds is 9. The summed E-state index contributed by atoms with van der Waals surface area (Å²) in [6.45, 7) is 6.24. The third-order valence-corrected chi connectivity index (χ3v) is 7.80. The molecule has 13 heteroatoms. The Hall–Kier alpha value is -2.76. The molecule has 5 atom stereocenters. The van der Waals surface area contributed by atoms with E-state index in [-0.39, 0.29) is 12.4 Å². The van der Waals surface area contributed by atoms with Gasteiger partial charge in [0.05, 0.1) is 12.7 Å². The highest BCUT2D eigenvalue weighted by atomic mass is 31.2. The average Bonchev–Trinajstić information content (AvgIpc) is 3.56. The van der Waals surface area contributed by atoms with Crippen molar-refractivity contribution in [2.75, 3.05) is 6.61 Å². The summed E-state index contributed by atoms with van der Waals surface area (Å²) in [5, 5.41) is 13.6. The highest BCUT2D eigenvalue weighted by Gasteiger charge is 2.64. The van der Waals surface area contributed by atoms with E-state index in [1.165, 1.54) is 23.8 Å². The number of nitrogens with one attached hydrogen (secondary N) is 2. The van der Waals surface area contributed by atoms with Crippen LogP contribution in [0.4, 0.5) is 0 Å². The summed E-state index contributed by atoms with van der Waals surface area (Å²) in [5.74, 6) is -0.418. The quantitative estimate of drug-likeness (QED) is 0.319. The molecule has 1 aliphatic carbocycles. The Balaban J connectivity index is 1.51. The molecule has 1 aliphatic heterocycles. The first-order valence-electron chi connectivity index (χ1n) is 12.0. The van der Waals surface area contributed by atoms with Gasteiger partial charge in [-0.05, 0) is 52.7 Å². The van der Waals surface area contributed by atoms with E-state index in [2.05, 4.69) is 10.1 Å². The second kappa shape index (κ2) is 10.2. The zero-order valence-electron chi connectivity index (χ0n) is 21.1. The van der Waals surface area contributed by atoms with Crippen molar-refractivity contribution in [2.45, 2.75) is 70.6 Å². The van der Waals surface area contributed by atoms with Crippen LogP contribution < -0.4 is 20.9 Å². The normalized spacial score (nSPS) is 24.8. The molecule has 2 aliphatic rings. The molecule has 1 saturated carbocycles. The number of aliphatic hydroxyl groups excluding tert-OH is 1. The fraction of sp³-hybridized carbons (Fsp3) is 0.542. The van der Waals surface area contributed by atoms with Gasteiger partial charge in [0.25, 0.3) is 5.56 Å². The Morgan fingerprint density at radius 2 is 1.95 bits per heavy atom. The Bertz CT molecular complexity index is 1280. The second-order valence-corrected chi connectivity index (χ2v) is 12.0. The molecule has 2 fully saturated rings. The van der Waals surface area contributed by atoms with Crippen LogP contribution in [0.1, 0.15) is 46.8 Å². The van der Waals surface area contributed by atoms with Gasteiger partial charge in [0.1, 0.15) is 29.7 Å². The molecule has 4 rings (SSSR count). The van der Waals surface area contributed by atoms with E-state index in [9.17, 15) is 24.1 Å². The number of aromatic nitrogens is 2. The summed E-state index contributed by atoms with van der Waals surface area (Å²) in [4.78, 5) is 38.5. The van der Waals surface area contributed by atoms with Crippen molar-refractivity contribution in [3.63, 3.8) is 0 Å². The molecule has 2 aromatic rings. The smallest absolute Gasteiger partial charge is 0.459 e. The lowest BCUT2D eigenvalue weighted by Crippen LogP contribution is -2.39. The van der Waals surface area contributed by atoms with Crippen molar-refractivity contribution in [3.8, 4) is 5.75 Å². The minimum atomic E-state index is -4.18. The van der Waals surface area contributed by atoms with E-state index in [1.54, 1.807) is 51.1 Å². The van der Waals surface area contributed by atoms with Crippen molar-refractivity contribution >= 4 is 13.7 Å². The number of hydrogen-bond acceptors (Lipinski definition) is 9. The first kappa shape index (κ1) is 27.3. The molecule has 12 nitrogen and oxygen atoms in total. The third kappa shape index (κ3) is 6.22. The molecule has 1 spiro atoms. The predicted octanol–water partition coefficient (Wildman–Crippen LogP) is 2.10. The van der Waals surface area contributed by atoms with Crippen LogP contribution in [0.25, 0.3) is 0 Å². The first-order valence-corrected chi connectivity index (χ1v) is 13.5. The topological polar surface area (TPSA) is 158 Å². The van der Waals surface area contributed by atoms with Crippen LogP contribution >= 0.6 is 7.75 Å². The van der Waals surface area contributed by atoms with Crippen LogP contribution in [0.5, 0.6) is 5.75 Å². The minimum Gasteiger partial charge on any atom is -0.459 e. The molecule has 0 amide bonds. The second-order valence-electron chi connectivity index (χ2n) is 10.3. The van der Waals surface area contributed by atoms with Crippen LogP contribution in [-0.2, 0) is 23.4 Å². The SMILES string of the molecule is C[C@H](NP(=O)(OC[C@H]1O[C@@H](n2ccc(=O)[nH]c2=O)C2(CC2)[C@@H]1O)Oc1ccccc1)C(=O)OC(C)(C)C. The van der Waals surface area contributed by atoms with E-state index >= 15 is 0 Å². The van der Waals surface area contributed by atoms with Gasteiger partial charge in [0.2, 0.25) is 0 Å². The van der Waals surface area contributed by atoms with Crippen LogP contribution in [0, 0.1) is 5.41 Å². The number of benzene rings is 1. The third-order valence-electron chi connectivity index (χ3n) is 6.16. The van der Waals surface area contributed by atoms with Crippen LogP contribution in [0.15, 0.2) is 52.2 Å². The Kier molecular flexibility index (Phi) is 7.51. The summed E-state index contributed by atoms with van der Waals surface area (Å²) < 4.78 is 37.6. The van der Waals surface area contributed by atoms with E-state index < -0.39 is 60.5 Å². The first-order chi connectivity index (χ1) is 17.3. The maximum absolute atomic E-state index is 13.8. The Morgan fingerprint density at radius 3 is 2.54 bits per heavy atom. The molecule has 1 unspecified atom stereocenters. The highest BCUT2D eigenvalue weighted by Crippen LogP contribution is 2.62. The fourth-order valence-electron chi connectivity index (χ4n) is 4.23. The monoisotopic (exact) mass is 537 g/mol. The lowest BCUT2D eigenvalue weighted by Gasteiger charge is -2.26. The molecule has 0 bridgehead atoms. The zero-order valence-corrected chi connectivity index (χ0v) is 22.0. The van der Waals surface area contributed by atoms with E-state index in [4.69, 9.17) is 18.5 Å². The van der Waals surface area contributed by atoms with Crippen LogP contribution in [0.3, 0.4) is 0 Å². The van der Waals surface area contributed by atoms with Gasteiger partial charge in [-0.15, -0.1) is 0 Å². The number of esters is 1. The van der Waals surface area contributed by atoms with Crippen molar-refractivity contribution < 1.29 is 33.0 Å². The number of H-pyrrole nitrogens is 1. The number of para-hydroxylation sites is 1. The van der Waals surface area contributed by atoms with Gasteiger partial charge in [0, 0.05) is 17.7 Å². The van der Waals surface area contributed by atoms with Gasteiger partial charge in [-0.2, -0.15) is 5.09 Å². The van der Waals surface area contributed by atoms with Crippen LogP contribution in [-0.4, -0.2) is 51.1 Å². The molecule has 1 saturated heterocycles. The lowest BCUT2D eigenvalue weighted by atomic mass is 9.96. The van der Waals surface area contributed by atoms with Crippen molar-refractivity contribution in [3.05, 3.63) is 63.4 Å². The zero-order chi connectivity index (χ0) is 27.0. The summed E-state index contributed by atoms with van der Waals surface area (Å²) in [7, 11) is -4.18. The molecular formula is C24H32N3O9P. The summed E-state index contributed by atoms with van der Waals surface area (Å²) in [6, 6.07) is 8.43. The van der Waals surface area contributed by atoms with Crippen LogP contribution in [0.2, 0.25) is 0 Å². The van der Waals surface area contributed by atoms with Crippen molar-refractivity contribution in [1.82, 2.24) is 14.6 Å².